The number of nitrogens with one attached hydrogen (secondary N) is 1. The van der Waals surface area contributed by atoms with Crippen molar-refractivity contribution in [2.75, 3.05) is 5.32 Å². The topological polar surface area (TPSA) is 72.4 Å². The van der Waals surface area contributed by atoms with Crippen molar-refractivity contribution >= 4 is 17.1 Å². The Morgan fingerprint density at radius 1 is 1.43 bits per heavy atom. The highest BCUT2D eigenvalue weighted by Gasteiger charge is 2.39. The lowest BCUT2D eigenvalue weighted by Gasteiger charge is -2.26. The van der Waals surface area contributed by atoms with Gasteiger partial charge in [-0.3, -0.25) is 4.79 Å². The maximum Gasteiger partial charge on any atom is 0.252 e. The summed E-state index contributed by atoms with van der Waals surface area (Å²) in [5.41, 5.74) is 9.19. The van der Waals surface area contributed by atoms with Crippen molar-refractivity contribution < 1.29 is 9.18 Å². The van der Waals surface area contributed by atoms with Gasteiger partial charge in [0.15, 0.2) is 0 Å². The molecule has 1 fully saturated rings. The number of primary amides is 1. The summed E-state index contributed by atoms with van der Waals surface area (Å²) in [5.74, 6) is -0.576. The Hall–Kier alpha value is -2.89. The first kappa shape index (κ1) is 18.5. The summed E-state index contributed by atoms with van der Waals surface area (Å²) in [5, 5.41) is 7.64. The summed E-state index contributed by atoms with van der Waals surface area (Å²) in [4.78, 5) is 12.0. The van der Waals surface area contributed by atoms with Crippen molar-refractivity contribution in [1.29, 1.82) is 0 Å². The number of carbonyl (C=O) groups excluding carboxylic acids is 1. The van der Waals surface area contributed by atoms with Gasteiger partial charge in [0.1, 0.15) is 5.67 Å². The van der Waals surface area contributed by atoms with E-state index in [0.29, 0.717) is 18.5 Å². The Labute approximate surface area is 163 Å². The minimum Gasteiger partial charge on any atom is -0.377 e. The van der Waals surface area contributed by atoms with E-state index in [2.05, 4.69) is 29.5 Å². The molecule has 0 aliphatic heterocycles. The van der Waals surface area contributed by atoms with Crippen molar-refractivity contribution in [3.63, 3.8) is 0 Å². The zero-order valence-electron chi connectivity index (χ0n) is 16.2. The van der Waals surface area contributed by atoms with Crippen molar-refractivity contribution in [3.05, 3.63) is 53.9 Å². The van der Waals surface area contributed by atoms with E-state index in [4.69, 9.17) is 5.73 Å². The Morgan fingerprint density at radius 2 is 2.21 bits per heavy atom. The summed E-state index contributed by atoms with van der Waals surface area (Å²) in [6, 6.07) is 9.83. The van der Waals surface area contributed by atoms with Crippen molar-refractivity contribution in [2.45, 2.75) is 51.2 Å². The lowest BCUT2D eigenvalue weighted by atomic mass is 10.00. The standard InChI is InChI=1S/C22H25FN4O/c1-3-14-7-4-5-8-16(14)15-11-18-20(26-19-9-6-10-22(19,2)23)17(21(24)28)12-25-27(18)13-15/h4-5,7-8,11-13,19,26H,3,6,9-10H2,1-2H3,(H2,24,28)/t19-,22+/m1/s1. The highest BCUT2D eigenvalue weighted by molar-refractivity contribution is 6.02. The molecule has 4 rings (SSSR count). The van der Waals surface area contributed by atoms with Gasteiger partial charge < -0.3 is 11.1 Å². The molecule has 2 aromatic heterocycles. The van der Waals surface area contributed by atoms with Crippen LogP contribution >= 0.6 is 0 Å². The molecule has 0 unspecified atom stereocenters. The van der Waals surface area contributed by atoms with Crippen molar-refractivity contribution in [2.24, 2.45) is 5.73 Å². The number of alkyl halides is 1. The molecular formula is C22H25FN4O. The minimum absolute atomic E-state index is 0.281. The second-order valence-electron chi connectivity index (χ2n) is 7.73. The first-order chi connectivity index (χ1) is 13.4. The fraction of sp³-hybridized carbons (Fsp3) is 0.364. The van der Waals surface area contributed by atoms with E-state index in [9.17, 15) is 9.18 Å². The first-order valence-corrected chi connectivity index (χ1v) is 9.75. The number of halogens is 1. The van der Waals surface area contributed by atoms with E-state index < -0.39 is 11.6 Å². The smallest absolute Gasteiger partial charge is 0.252 e. The molecule has 1 saturated carbocycles. The molecule has 1 aliphatic rings. The van der Waals surface area contributed by atoms with Crippen LogP contribution in [-0.4, -0.2) is 27.2 Å². The third-order valence-electron chi connectivity index (χ3n) is 5.82. The summed E-state index contributed by atoms with van der Waals surface area (Å²) < 4.78 is 16.6. The van der Waals surface area contributed by atoms with Crippen LogP contribution in [0.1, 0.15) is 49.0 Å². The summed E-state index contributed by atoms with van der Waals surface area (Å²) in [6.07, 6.45) is 6.34. The number of hydrogen-bond donors (Lipinski definition) is 2. The van der Waals surface area contributed by atoms with Crippen LogP contribution in [-0.2, 0) is 6.42 Å². The van der Waals surface area contributed by atoms with Gasteiger partial charge in [-0.15, -0.1) is 0 Å². The van der Waals surface area contributed by atoms with Crippen LogP contribution in [0.5, 0.6) is 0 Å². The number of nitrogens with two attached hydrogens (primary N) is 1. The molecule has 0 spiro atoms. The molecule has 28 heavy (non-hydrogen) atoms. The Kier molecular flexibility index (Phi) is 4.57. The third-order valence-corrected chi connectivity index (χ3v) is 5.82. The zero-order valence-corrected chi connectivity index (χ0v) is 16.2. The molecule has 1 aliphatic carbocycles. The second kappa shape index (κ2) is 6.93. The maximum absolute atomic E-state index is 14.9. The number of nitrogens with zero attached hydrogens (tertiary/aromatic N) is 2. The van der Waals surface area contributed by atoms with Gasteiger partial charge in [0.25, 0.3) is 5.91 Å². The Balaban J connectivity index is 1.85. The van der Waals surface area contributed by atoms with Crippen LogP contribution in [0.4, 0.5) is 10.1 Å². The molecule has 5 nitrogen and oxygen atoms in total. The molecule has 146 valence electrons. The highest BCUT2D eigenvalue weighted by atomic mass is 19.1. The summed E-state index contributed by atoms with van der Waals surface area (Å²) >= 11 is 0. The average molecular weight is 380 g/mol. The van der Waals surface area contributed by atoms with E-state index in [1.165, 1.54) is 11.8 Å². The van der Waals surface area contributed by atoms with E-state index in [-0.39, 0.29) is 11.6 Å². The molecule has 6 heteroatoms. The summed E-state index contributed by atoms with van der Waals surface area (Å²) in [7, 11) is 0. The van der Waals surface area contributed by atoms with Gasteiger partial charge >= 0.3 is 0 Å². The van der Waals surface area contributed by atoms with Gasteiger partial charge in [-0.05, 0) is 49.8 Å². The van der Waals surface area contributed by atoms with Gasteiger partial charge in [-0.2, -0.15) is 5.10 Å². The molecule has 3 N–H and O–H groups in total. The third kappa shape index (κ3) is 3.13. The average Bonchev–Trinajstić information content (AvgIpc) is 3.25. The summed E-state index contributed by atoms with van der Waals surface area (Å²) in [6.45, 7) is 3.73. The van der Waals surface area contributed by atoms with E-state index in [1.807, 2.05) is 24.4 Å². The molecular weight excluding hydrogens is 355 g/mol. The predicted octanol–water partition coefficient (Wildman–Crippen LogP) is 4.36. The largest absolute Gasteiger partial charge is 0.377 e. The lowest BCUT2D eigenvalue weighted by Crippen LogP contribution is -2.36. The number of aromatic nitrogens is 2. The molecule has 0 bridgehead atoms. The normalized spacial score (nSPS) is 21.9. The SMILES string of the molecule is CCc1ccccc1-c1cc2c(N[C@@H]3CCC[C@]3(C)F)c(C(N)=O)cnn2c1. The molecule has 1 amide bonds. The Bertz CT molecular complexity index is 1040. The maximum atomic E-state index is 14.9. The van der Waals surface area contributed by atoms with Crippen LogP contribution in [0, 0.1) is 0 Å². The second-order valence-corrected chi connectivity index (χ2v) is 7.73. The Morgan fingerprint density at radius 3 is 2.89 bits per heavy atom. The van der Waals surface area contributed by atoms with Gasteiger partial charge in [-0.1, -0.05) is 31.2 Å². The van der Waals surface area contributed by atoms with Crippen molar-refractivity contribution in [3.8, 4) is 11.1 Å². The van der Waals surface area contributed by atoms with Gasteiger partial charge in [-0.25, -0.2) is 8.91 Å². The van der Waals surface area contributed by atoms with Gasteiger partial charge in [0.05, 0.1) is 29.0 Å². The number of hydrogen-bond acceptors (Lipinski definition) is 3. The number of carbonyl (C=O) groups is 1. The lowest BCUT2D eigenvalue weighted by molar-refractivity contribution is 0.1000. The first-order valence-electron chi connectivity index (χ1n) is 9.75. The highest BCUT2D eigenvalue weighted by Crippen LogP contribution is 2.37. The molecule has 2 heterocycles. The van der Waals surface area contributed by atoms with E-state index in [1.54, 1.807) is 11.4 Å². The number of fused-ring (bicyclic) bond motifs is 1. The fourth-order valence-electron chi connectivity index (χ4n) is 4.18. The van der Waals surface area contributed by atoms with E-state index >= 15 is 0 Å². The van der Waals surface area contributed by atoms with Crippen LogP contribution < -0.4 is 11.1 Å². The molecule has 0 saturated heterocycles. The number of amides is 1. The molecule has 2 atom stereocenters. The fourth-order valence-corrected chi connectivity index (χ4v) is 4.18. The monoisotopic (exact) mass is 380 g/mol. The van der Waals surface area contributed by atoms with Crippen LogP contribution in [0.25, 0.3) is 16.6 Å². The van der Waals surface area contributed by atoms with Crippen LogP contribution in [0.3, 0.4) is 0 Å². The minimum atomic E-state index is -1.32. The number of rotatable bonds is 5. The van der Waals surface area contributed by atoms with Gasteiger partial charge in [0, 0.05) is 11.8 Å². The zero-order chi connectivity index (χ0) is 19.9. The van der Waals surface area contributed by atoms with Crippen LogP contribution in [0.15, 0.2) is 42.7 Å². The molecule has 0 radical (unpaired) electrons. The number of anilines is 1. The van der Waals surface area contributed by atoms with Crippen molar-refractivity contribution in [1.82, 2.24) is 9.61 Å². The number of benzene rings is 1. The molecule has 1 aromatic carbocycles. The quantitative estimate of drug-likeness (QED) is 0.691. The van der Waals surface area contributed by atoms with Gasteiger partial charge in [0.2, 0.25) is 0 Å². The van der Waals surface area contributed by atoms with Crippen LogP contribution in [0.2, 0.25) is 0 Å². The number of aryl methyl sites for hydroxylation is 1. The van der Waals surface area contributed by atoms with E-state index in [0.717, 1.165) is 29.5 Å². The predicted molar refractivity (Wildman–Crippen MR) is 109 cm³/mol. The molecule has 3 aromatic rings.